The Morgan fingerprint density at radius 1 is 1.86 bits per heavy atom. The number of nitrogens with two attached hydrogens (primary N) is 1. The second-order valence-corrected chi connectivity index (χ2v) is 1.96. The summed E-state index contributed by atoms with van der Waals surface area (Å²) in [6.07, 6.45) is 0. The van der Waals surface area contributed by atoms with Crippen molar-refractivity contribution in [1.82, 2.24) is 0 Å². The van der Waals surface area contributed by atoms with Gasteiger partial charge in [-0.3, -0.25) is 0 Å². The van der Waals surface area contributed by atoms with Gasteiger partial charge in [0.1, 0.15) is 0 Å². The monoisotopic (exact) mass is 112 g/mol. The maximum Gasteiger partial charge on any atom is 0.0490 e. The fourth-order valence-electron chi connectivity index (χ4n) is 0.370. The van der Waals surface area contributed by atoms with Crippen molar-refractivity contribution in [1.29, 1.82) is 0 Å². The minimum atomic E-state index is 0.615. The molecule has 1 radical (unpaired) electrons. The van der Waals surface area contributed by atoms with E-state index < -0.39 is 0 Å². The second-order valence-electron chi connectivity index (χ2n) is 1.25. The minimum absolute atomic E-state index is 0.615. The van der Waals surface area contributed by atoms with Gasteiger partial charge in [-0.05, 0) is 17.0 Å². The van der Waals surface area contributed by atoms with E-state index in [0.29, 0.717) is 6.54 Å². The zero-order valence-corrected chi connectivity index (χ0v) is 4.66. The molecule has 2 heteroatoms. The van der Waals surface area contributed by atoms with Crippen LogP contribution in [0.4, 0.5) is 0 Å². The molecule has 0 aromatic carbocycles. The van der Waals surface area contributed by atoms with Crippen molar-refractivity contribution in [3.05, 3.63) is 22.4 Å². The van der Waals surface area contributed by atoms with Crippen LogP contribution in [-0.4, -0.2) is 0 Å². The molecule has 1 aromatic heterocycles. The summed E-state index contributed by atoms with van der Waals surface area (Å²) in [7, 11) is 0. The van der Waals surface area contributed by atoms with E-state index in [1.54, 1.807) is 11.3 Å². The van der Waals surface area contributed by atoms with E-state index in [0.717, 1.165) is 5.56 Å². The standard InChI is InChI=1S/C5H6NS/c6-3-5-1-2-7-4-5/h1-2H,3,6H2. The maximum atomic E-state index is 5.27. The highest BCUT2D eigenvalue weighted by atomic mass is 32.1. The molecule has 37 valence electrons. The molecular weight excluding hydrogens is 106 g/mol. The zero-order valence-electron chi connectivity index (χ0n) is 3.85. The predicted octanol–water partition coefficient (Wildman–Crippen LogP) is 1.01. The first kappa shape index (κ1) is 4.81. The van der Waals surface area contributed by atoms with Crippen LogP contribution in [0.1, 0.15) is 5.56 Å². The highest BCUT2D eigenvalue weighted by molar-refractivity contribution is 7.07. The van der Waals surface area contributed by atoms with Gasteiger partial charge in [-0.15, -0.1) is 11.3 Å². The van der Waals surface area contributed by atoms with Crippen molar-refractivity contribution < 1.29 is 0 Å². The molecule has 0 aliphatic rings. The lowest BCUT2D eigenvalue weighted by molar-refractivity contribution is 1.08. The Labute approximate surface area is 46.8 Å². The molecule has 1 aromatic rings. The average molecular weight is 112 g/mol. The lowest BCUT2D eigenvalue weighted by atomic mass is 10.4. The molecule has 0 atom stereocenters. The number of rotatable bonds is 1. The summed E-state index contributed by atoms with van der Waals surface area (Å²) in [6, 6.07) is 1.98. The van der Waals surface area contributed by atoms with Crippen LogP contribution in [0.3, 0.4) is 0 Å². The summed E-state index contributed by atoms with van der Waals surface area (Å²) in [5.41, 5.74) is 6.37. The van der Waals surface area contributed by atoms with Crippen molar-refractivity contribution >= 4 is 11.3 Å². The first-order valence-electron chi connectivity index (χ1n) is 2.07. The van der Waals surface area contributed by atoms with E-state index in [1.165, 1.54) is 0 Å². The van der Waals surface area contributed by atoms with Crippen molar-refractivity contribution in [2.45, 2.75) is 6.54 Å². The van der Waals surface area contributed by atoms with Crippen LogP contribution in [0.15, 0.2) is 11.4 Å². The van der Waals surface area contributed by atoms with Gasteiger partial charge in [0.15, 0.2) is 0 Å². The van der Waals surface area contributed by atoms with Gasteiger partial charge >= 0.3 is 0 Å². The molecule has 1 nitrogen and oxygen atoms in total. The van der Waals surface area contributed by atoms with Crippen molar-refractivity contribution in [2.75, 3.05) is 0 Å². The SMILES string of the molecule is NCc1[c]scc1. The number of thiophene rings is 1. The van der Waals surface area contributed by atoms with Crippen LogP contribution in [-0.2, 0) is 6.54 Å². The Bertz CT molecular complexity index is 123. The molecule has 0 saturated heterocycles. The van der Waals surface area contributed by atoms with Gasteiger partial charge in [0.2, 0.25) is 0 Å². The maximum absolute atomic E-state index is 5.27. The minimum Gasteiger partial charge on any atom is -0.326 e. The molecule has 7 heavy (non-hydrogen) atoms. The van der Waals surface area contributed by atoms with Crippen LogP contribution >= 0.6 is 11.3 Å². The normalized spacial score (nSPS) is 9.29. The summed E-state index contributed by atoms with van der Waals surface area (Å²) < 4.78 is 0. The number of hydrogen-bond acceptors (Lipinski definition) is 2. The first-order valence-corrected chi connectivity index (χ1v) is 2.95. The molecule has 1 heterocycles. The molecule has 0 unspecified atom stereocenters. The van der Waals surface area contributed by atoms with E-state index in [4.69, 9.17) is 5.73 Å². The molecule has 2 N–H and O–H groups in total. The Morgan fingerprint density at radius 3 is 3.00 bits per heavy atom. The van der Waals surface area contributed by atoms with Crippen LogP contribution in [0.2, 0.25) is 0 Å². The highest BCUT2D eigenvalue weighted by Gasteiger charge is 1.83. The molecule has 0 aliphatic heterocycles. The smallest absolute Gasteiger partial charge is 0.0490 e. The van der Waals surface area contributed by atoms with Gasteiger partial charge in [0.05, 0.1) is 0 Å². The molecular formula is C5H6NS. The van der Waals surface area contributed by atoms with Gasteiger partial charge in [-0.1, -0.05) is 0 Å². The van der Waals surface area contributed by atoms with Gasteiger partial charge in [-0.25, -0.2) is 0 Å². The molecule has 0 amide bonds. The fourth-order valence-corrected chi connectivity index (χ4v) is 0.973. The van der Waals surface area contributed by atoms with Crippen LogP contribution in [0, 0.1) is 5.38 Å². The van der Waals surface area contributed by atoms with Gasteiger partial charge in [-0.2, -0.15) is 0 Å². The fraction of sp³-hybridized carbons (Fsp3) is 0.200. The van der Waals surface area contributed by atoms with Crippen LogP contribution < -0.4 is 5.73 Å². The van der Waals surface area contributed by atoms with Crippen molar-refractivity contribution in [2.24, 2.45) is 5.73 Å². The van der Waals surface area contributed by atoms with Crippen molar-refractivity contribution in [3.8, 4) is 0 Å². The average Bonchev–Trinajstić information content (AvgIpc) is 2.14. The molecule has 0 fully saturated rings. The predicted molar refractivity (Wildman–Crippen MR) is 31.0 cm³/mol. The third-order valence-corrected chi connectivity index (χ3v) is 1.40. The molecule has 0 bridgehead atoms. The summed E-state index contributed by atoms with van der Waals surface area (Å²) >= 11 is 1.56. The molecule has 0 spiro atoms. The molecule has 0 aliphatic carbocycles. The Balaban J connectivity index is 2.76. The molecule has 1 rings (SSSR count). The Hall–Kier alpha value is -0.340. The van der Waals surface area contributed by atoms with Gasteiger partial charge < -0.3 is 5.73 Å². The van der Waals surface area contributed by atoms with Gasteiger partial charge in [0.25, 0.3) is 0 Å². The Kier molecular flexibility index (Phi) is 1.44. The van der Waals surface area contributed by atoms with Crippen molar-refractivity contribution in [3.63, 3.8) is 0 Å². The number of hydrogen-bond donors (Lipinski definition) is 1. The lowest BCUT2D eigenvalue weighted by Gasteiger charge is -1.78. The summed E-state index contributed by atoms with van der Waals surface area (Å²) in [5, 5.41) is 4.98. The summed E-state index contributed by atoms with van der Waals surface area (Å²) in [4.78, 5) is 0. The zero-order chi connectivity index (χ0) is 5.11. The topological polar surface area (TPSA) is 26.0 Å². The van der Waals surface area contributed by atoms with E-state index in [2.05, 4.69) is 5.38 Å². The summed E-state index contributed by atoms with van der Waals surface area (Å²) in [6.45, 7) is 0.615. The van der Waals surface area contributed by atoms with E-state index >= 15 is 0 Å². The van der Waals surface area contributed by atoms with E-state index in [9.17, 15) is 0 Å². The quantitative estimate of drug-likeness (QED) is 0.576. The molecule has 0 saturated carbocycles. The van der Waals surface area contributed by atoms with E-state index in [-0.39, 0.29) is 0 Å². The third-order valence-electron chi connectivity index (χ3n) is 0.747. The second kappa shape index (κ2) is 2.09. The highest BCUT2D eigenvalue weighted by Crippen LogP contribution is 2.01. The Morgan fingerprint density at radius 2 is 2.71 bits per heavy atom. The third kappa shape index (κ3) is 1.01. The summed E-state index contributed by atoms with van der Waals surface area (Å²) in [5.74, 6) is 0. The van der Waals surface area contributed by atoms with Crippen LogP contribution in [0.25, 0.3) is 0 Å². The van der Waals surface area contributed by atoms with Gasteiger partial charge in [0, 0.05) is 11.9 Å². The largest absolute Gasteiger partial charge is 0.326 e. The van der Waals surface area contributed by atoms with Crippen LogP contribution in [0.5, 0.6) is 0 Å². The first-order chi connectivity index (χ1) is 3.43. The lowest BCUT2D eigenvalue weighted by Crippen LogP contribution is -1.92. The van der Waals surface area contributed by atoms with E-state index in [1.807, 2.05) is 11.4 Å².